The van der Waals surface area contributed by atoms with Crippen molar-refractivity contribution in [2.75, 3.05) is 13.2 Å². The Bertz CT molecular complexity index is 1250. The molecule has 0 aliphatic heterocycles. The summed E-state index contributed by atoms with van der Waals surface area (Å²) in [7, 11) is 0. The SMILES string of the molecule is CCCCOc1cc2c(CC)c3c(c(CC)c2cc1OCCCC)-c1cccc2cccc-3c12. The first-order valence-corrected chi connectivity index (χ1v) is 13.2. The highest BCUT2D eigenvalue weighted by atomic mass is 16.5. The topological polar surface area (TPSA) is 18.5 Å². The number of hydrogen-bond donors (Lipinski definition) is 0. The van der Waals surface area contributed by atoms with E-state index in [4.69, 9.17) is 9.47 Å². The van der Waals surface area contributed by atoms with Crippen molar-refractivity contribution in [1.82, 2.24) is 0 Å². The van der Waals surface area contributed by atoms with E-state index >= 15 is 0 Å². The van der Waals surface area contributed by atoms with Crippen LogP contribution in [0.2, 0.25) is 0 Å². The quantitative estimate of drug-likeness (QED) is 0.197. The third-order valence-electron chi connectivity index (χ3n) is 7.25. The summed E-state index contributed by atoms with van der Waals surface area (Å²) in [6.45, 7) is 10.4. The van der Waals surface area contributed by atoms with Crippen LogP contribution < -0.4 is 9.47 Å². The van der Waals surface area contributed by atoms with Crippen LogP contribution in [-0.4, -0.2) is 13.2 Å². The zero-order valence-corrected chi connectivity index (χ0v) is 21.1. The van der Waals surface area contributed by atoms with Gasteiger partial charge in [-0.1, -0.05) is 76.9 Å². The second-order valence-corrected chi connectivity index (χ2v) is 9.37. The number of hydrogen-bond acceptors (Lipinski definition) is 2. The lowest BCUT2D eigenvalue weighted by atomic mass is 9.85. The molecule has 176 valence electrons. The molecule has 0 fully saturated rings. The molecule has 0 saturated carbocycles. The van der Waals surface area contributed by atoms with Crippen molar-refractivity contribution in [3.63, 3.8) is 0 Å². The van der Waals surface area contributed by atoms with Gasteiger partial charge in [-0.25, -0.2) is 0 Å². The van der Waals surface area contributed by atoms with Crippen LogP contribution in [0.4, 0.5) is 0 Å². The molecule has 4 aromatic carbocycles. The fraction of sp³-hybridized carbons (Fsp3) is 0.375. The smallest absolute Gasteiger partial charge is 0.161 e. The van der Waals surface area contributed by atoms with Crippen molar-refractivity contribution in [2.24, 2.45) is 0 Å². The lowest BCUT2D eigenvalue weighted by Crippen LogP contribution is -2.04. The molecule has 1 aliphatic rings. The number of fused-ring (bicyclic) bond motifs is 4. The lowest BCUT2D eigenvalue weighted by Gasteiger charge is -2.21. The van der Waals surface area contributed by atoms with Crippen molar-refractivity contribution >= 4 is 21.5 Å². The molecular formula is C32H36O2. The standard InChI is InChI=1S/C32H36O2/c1-5-9-17-33-28-19-26-22(7-3)31-24-15-11-13-21-14-12-16-25(30(21)24)32(31)23(8-4)27(26)20-29(28)34-18-10-6-2/h11-16,19-20H,5-10,17-18H2,1-4H3. The number of ether oxygens (including phenoxy) is 2. The van der Waals surface area contributed by atoms with Gasteiger partial charge in [0.05, 0.1) is 13.2 Å². The highest BCUT2D eigenvalue weighted by Gasteiger charge is 2.28. The first-order valence-electron chi connectivity index (χ1n) is 13.2. The molecule has 0 bridgehead atoms. The Kier molecular flexibility index (Phi) is 6.50. The predicted molar refractivity (Wildman–Crippen MR) is 145 cm³/mol. The summed E-state index contributed by atoms with van der Waals surface area (Å²) < 4.78 is 12.6. The molecule has 0 saturated heterocycles. The van der Waals surface area contributed by atoms with Crippen molar-refractivity contribution in [2.45, 2.75) is 66.2 Å². The Balaban J connectivity index is 1.80. The molecule has 4 aromatic rings. The van der Waals surface area contributed by atoms with Crippen LogP contribution in [0.15, 0.2) is 48.5 Å². The third kappa shape index (κ3) is 3.64. The van der Waals surface area contributed by atoms with E-state index in [1.165, 1.54) is 54.9 Å². The van der Waals surface area contributed by atoms with Gasteiger partial charge in [0.1, 0.15) is 0 Å². The van der Waals surface area contributed by atoms with Crippen LogP contribution in [0.5, 0.6) is 11.5 Å². The lowest BCUT2D eigenvalue weighted by molar-refractivity contribution is 0.262. The van der Waals surface area contributed by atoms with Gasteiger partial charge in [-0.15, -0.1) is 0 Å². The molecule has 0 N–H and O–H groups in total. The first kappa shape index (κ1) is 22.8. The minimum Gasteiger partial charge on any atom is -0.490 e. The normalized spacial score (nSPS) is 11.9. The zero-order valence-electron chi connectivity index (χ0n) is 21.1. The maximum atomic E-state index is 6.30. The maximum absolute atomic E-state index is 6.30. The summed E-state index contributed by atoms with van der Waals surface area (Å²) in [5, 5.41) is 5.36. The summed E-state index contributed by atoms with van der Waals surface area (Å²) >= 11 is 0. The summed E-state index contributed by atoms with van der Waals surface area (Å²) in [6, 6.07) is 18.0. The van der Waals surface area contributed by atoms with Crippen LogP contribution in [0.1, 0.15) is 64.5 Å². The van der Waals surface area contributed by atoms with Gasteiger partial charge in [-0.3, -0.25) is 0 Å². The monoisotopic (exact) mass is 452 g/mol. The largest absolute Gasteiger partial charge is 0.490 e. The molecule has 0 amide bonds. The Morgan fingerprint density at radius 1 is 0.618 bits per heavy atom. The zero-order chi connectivity index (χ0) is 23.7. The molecule has 2 nitrogen and oxygen atoms in total. The third-order valence-corrected chi connectivity index (χ3v) is 7.25. The first-order chi connectivity index (χ1) is 16.7. The Labute approximate surface area is 203 Å². The summed E-state index contributed by atoms with van der Waals surface area (Å²) in [5.41, 5.74) is 8.47. The van der Waals surface area contributed by atoms with Crippen LogP contribution in [-0.2, 0) is 12.8 Å². The molecule has 0 aromatic heterocycles. The molecule has 1 aliphatic carbocycles. The van der Waals surface area contributed by atoms with Gasteiger partial charge in [0, 0.05) is 0 Å². The van der Waals surface area contributed by atoms with Crippen molar-refractivity contribution in [3.8, 4) is 33.8 Å². The van der Waals surface area contributed by atoms with Crippen molar-refractivity contribution in [1.29, 1.82) is 0 Å². The second-order valence-electron chi connectivity index (χ2n) is 9.37. The number of benzene rings is 4. The Hall–Kier alpha value is -3.00. The summed E-state index contributed by atoms with van der Waals surface area (Å²) in [5.74, 6) is 1.78. The second kappa shape index (κ2) is 9.70. The van der Waals surface area contributed by atoms with Gasteiger partial charge < -0.3 is 9.47 Å². The molecule has 0 atom stereocenters. The average Bonchev–Trinajstić information content (AvgIpc) is 3.19. The van der Waals surface area contributed by atoms with E-state index in [2.05, 4.69) is 76.2 Å². The van der Waals surface area contributed by atoms with Crippen LogP contribution in [0, 0.1) is 0 Å². The predicted octanol–water partition coefficient (Wildman–Crippen LogP) is 9.12. The van der Waals surface area contributed by atoms with E-state index in [9.17, 15) is 0 Å². The van der Waals surface area contributed by atoms with E-state index in [0.717, 1.165) is 63.2 Å². The van der Waals surface area contributed by atoms with Crippen molar-refractivity contribution < 1.29 is 9.47 Å². The molecule has 0 radical (unpaired) electrons. The molecule has 0 unspecified atom stereocenters. The van der Waals surface area contributed by atoms with Crippen LogP contribution in [0.3, 0.4) is 0 Å². The molecule has 5 rings (SSSR count). The van der Waals surface area contributed by atoms with E-state index in [1.807, 2.05) is 0 Å². The van der Waals surface area contributed by atoms with Gasteiger partial charge in [0.2, 0.25) is 0 Å². The fourth-order valence-electron chi connectivity index (χ4n) is 5.60. The van der Waals surface area contributed by atoms with Crippen LogP contribution in [0.25, 0.3) is 43.8 Å². The number of aryl methyl sites for hydroxylation is 2. The maximum Gasteiger partial charge on any atom is 0.161 e. The Morgan fingerprint density at radius 3 is 1.50 bits per heavy atom. The highest BCUT2D eigenvalue weighted by molar-refractivity contribution is 6.20. The van der Waals surface area contributed by atoms with Crippen molar-refractivity contribution in [3.05, 3.63) is 59.7 Å². The van der Waals surface area contributed by atoms with Gasteiger partial charge in [-0.05, 0) is 92.7 Å². The van der Waals surface area contributed by atoms with E-state index in [1.54, 1.807) is 0 Å². The van der Waals surface area contributed by atoms with E-state index < -0.39 is 0 Å². The van der Waals surface area contributed by atoms with Crippen LogP contribution >= 0.6 is 0 Å². The van der Waals surface area contributed by atoms with Gasteiger partial charge in [0.25, 0.3) is 0 Å². The molecule has 34 heavy (non-hydrogen) atoms. The minimum absolute atomic E-state index is 0.726. The molecular weight excluding hydrogens is 416 g/mol. The van der Waals surface area contributed by atoms with Gasteiger partial charge >= 0.3 is 0 Å². The number of rotatable bonds is 10. The molecule has 0 heterocycles. The Morgan fingerprint density at radius 2 is 1.09 bits per heavy atom. The fourth-order valence-corrected chi connectivity index (χ4v) is 5.60. The summed E-state index contributed by atoms with van der Waals surface area (Å²) in [6.07, 6.45) is 6.31. The summed E-state index contributed by atoms with van der Waals surface area (Å²) in [4.78, 5) is 0. The van der Waals surface area contributed by atoms with Gasteiger partial charge in [-0.2, -0.15) is 0 Å². The molecule has 0 spiro atoms. The molecule has 2 heteroatoms. The average molecular weight is 453 g/mol. The minimum atomic E-state index is 0.726. The highest BCUT2D eigenvalue weighted by Crippen LogP contribution is 2.53. The van der Waals surface area contributed by atoms with E-state index in [0.29, 0.717) is 0 Å². The van der Waals surface area contributed by atoms with Gasteiger partial charge in [0.15, 0.2) is 11.5 Å². The number of unbranched alkanes of at least 4 members (excludes halogenated alkanes) is 2. The van der Waals surface area contributed by atoms with E-state index in [-0.39, 0.29) is 0 Å².